The Labute approximate surface area is 136 Å². The molecule has 2 rings (SSSR count). The minimum absolute atomic E-state index is 0.152. The lowest BCUT2D eigenvalue weighted by atomic mass is 9.77. The molecule has 23 heavy (non-hydrogen) atoms. The number of nitrogens with one attached hydrogen (secondary N) is 1. The van der Waals surface area contributed by atoms with Crippen LogP contribution in [0.1, 0.15) is 50.9 Å². The van der Waals surface area contributed by atoms with Gasteiger partial charge in [0.15, 0.2) is 12.0 Å². The highest BCUT2D eigenvalue weighted by molar-refractivity contribution is 6.56. The first-order valence-corrected chi connectivity index (χ1v) is 7.50. The first-order valence-electron chi connectivity index (χ1n) is 7.50. The van der Waals surface area contributed by atoms with Crippen LogP contribution >= 0.6 is 0 Å². The normalized spacial score (nSPS) is 19.7. The molecule has 124 valence electrons. The summed E-state index contributed by atoms with van der Waals surface area (Å²) >= 11 is 0. The summed E-state index contributed by atoms with van der Waals surface area (Å²) in [5, 5.41) is 2.74. The van der Waals surface area contributed by atoms with Gasteiger partial charge in [-0.05, 0) is 51.4 Å². The van der Waals surface area contributed by atoms with Gasteiger partial charge in [0.05, 0.1) is 11.2 Å². The summed E-state index contributed by atoms with van der Waals surface area (Å²) in [7, 11) is -0.600. The molecular weight excluding hydrogens is 297 g/mol. The van der Waals surface area contributed by atoms with Gasteiger partial charge in [0.2, 0.25) is 5.91 Å². The standard InChI is InChI=1S/C16H22BNO5/c1-11(20)18-9-12(8-13-6-7-14(10-19)21-13)17-22-15(2,3)16(4,5)23-17/h6-8,10H,9H2,1-5H3,(H,18,20). The third kappa shape index (κ3) is 3.92. The van der Waals surface area contributed by atoms with E-state index in [-0.39, 0.29) is 18.2 Å². The maximum Gasteiger partial charge on any atom is 0.492 e. The molecule has 1 saturated heterocycles. The highest BCUT2D eigenvalue weighted by Crippen LogP contribution is 2.38. The van der Waals surface area contributed by atoms with Crippen LogP contribution in [0.25, 0.3) is 6.08 Å². The van der Waals surface area contributed by atoms with Crippen molar-refractivity contribution < 1.29 is 23.3 Å². The van der Waals surface area contributed by atoms with Crippen LogP contribution in [0.4, 0.5) is 0 Å². The van der Waals surface area contributed by atoms with E-state index in [1.54, 1.807) is 18.2 Å². The molecule has 0 radical (unpaired) electrons. The molecule has 0 unspecified atom stereocenters. The van der Waals surface area contributed by atoms with Crippen molar-refractivity contribution in [1.29, 1.82) is 0 Å². The molecule has 0 atom stereocenters. The van der Waals surface area contributed by atoms with Gasteiger partial charge in [-0.25, -0.2) is 0 Å². The molecule has 7 heteroatoms. The molecule has 2 heterocycles. The maximum absolute atomic E-state index is 11.2. The van der Waals surface area contributed by atoms with E-state index in [0.29, 0.717) is 17.5 Å². The Bertz CT molecular complexity index is 616. The smallest absolute Gasteiger partial charge is 0.454 e. The Morgan fingerprint density at radius 3 is 2.22 bits per heavy atom. The summed E-state index contributed by atoms with van der Waals surface area (Å²) in [6.07, 6.45) is 2.37. The largest absolute Gasteiger partial charge is 0.492 e. The monoisotopic (exact) mass is 319 g/mol. The number of rotatable bonds is 5. The van der Waals surface area contributed by atoms with Crippen LogP contribution in [-0.2, 0) is 14.1 Å². The fourth-order valence-corrected chi connectivity index (χ4v) is 2.12. The predicted octanol–water partition coefficient (Wildman–Crippen LogP) is 2.24. The van der Waals surface area contributed by atoms with Gasteiger partial charge in [0.1, 0.15) is 5.76 Å². The quantitative estimate of drug-likeness (QED) is 0.665. The van der Waals surface area contributed by atoms with E-state index in [2.05, 4.69) is 5.32 Å². The lowest BCUT2D eigenvalue weighted by molar-refractivity contribution is -0.118. The minimum atomic E-state index is -0.600. The van der Waals surface area contributed by atoms with Gasteiger partial charge < -0.3 is 19.0 Å². The van der Waals surface area contributed by atoms with E-state index in [0.717, 1.165) is 0 Å². The van der Waals surface area contributed by atoms with Gasteiger partial charge in [-0.1, -0.05) is 0 Å². The zero-order valence-electron chi connectivity index (χ0n) is 14.1. The van der Waals surface area contributed by atoms with Crippen molar-refractivity contribution in [2.75, 3.05) is 6.54 Å². The van der Waals surface area contributed by atoms with Crippen molar-refractivity contribution in [3.63, 3.8) is 0 Å². The zero-order chi connectivity index (χ0) is 17.3. The van der Waals surface area contributed by atoms with Crippen LogP contribution in [0.3, 0.4) is 0 Å². The van der Waals surface area contributed by atoms with Crippen molar-refractivity contribution in [1.82, 2.24) is 5.32 Å². The van der Waals surface area contributed by atoms with Crippen LogP contribution in [0.5, 0.6) is 0 Å². The summed E-state index contributed by atoms with van der Waals surface area (Å²) in [6.45, 7) is 9.55. The van der Waals surface area contributed by atoms with E-state index in [9.17, 15) is 9.59 Å². The molecule has 1 amide bonds. The summed E-state index contributed by atoms with van der Waals surface area (Å²) < 4.78 is 17.4. The summed E-state index contributed by atoms with van der Waals surface area (Å²) in [5.41, 5.74) is -0.251. The van der Waals surface area contributed by atoms with E-state index in [1.165, 1.54) is 6.92 Å². The number of hydrogen-bond acceptors (Lipinski definition) is 5. The van der Waals surface area contributed by atoms with Crippen LogP contribution in [-0.4, -0.2) is 37.1 Å². The maximum atomic E-state index is 11.2. The molecule has 1 N–H and O–H groups in total. The summed E-state index contributed by atoms with van der Waals surface area (Å²) in [4.78, 5) is 22.0. The average Bonchev–Trinajstić information content (AvgIpc) is 2.97. The molecular formula is C16H22BNO5. The molecule has 0 saturated carbocycles. The molecule has 1 aliphatic heterocycles. The van der Waals surface area contributed by atoms with Gasteiger partial charge >= 0.3 is 7.12 Å². The van der Waals surface area contributed by atoms with Gasteiger partial charge in [0.25, 0.3) is 0 Å². The Kier molecular flexibility index (Phi) is 4.82. The molecule has 1 aromatic rings. The number of hydrogen-bond donors (Lipinski definition) is 1. The second-order valence-corrected chi connectivity index (χ2v) is 6.58. The van der Waals surface area contributed by atoms with Crippen LogP contribution in [0.15, 0.2) is 22.0 Å². The molecule has 0 aromatic carbocycles. The number of carbonyl (C=O) groups is 2. The highest BCUT2D eigenvalue weighted by atomic mass is 16.7. The molecule has 6 nitrogen and oxygen atoms in total. The Morgan fingerprint density at radius 1 is 1.17 bits per heavy atom. The summed E-state index contributed by atoms with van der Waals surface area (Å²) in [5.74, 6) is 0.589. The van der Waals surface area contributed by atoms with Gasteiger partial charge in [-0.2, -0.15) is 0 Å². The van der Waals surface area contributed by atoms with Crippen LogP contribution in [0, 0.1) is 0 Å². The molecule has 0 bridgehead atoms. The van der Waals surface area contributed by atoms with Crippen molar-refractivity contribution in [3.05, 3.63) is 29.1 Å². The second-order valence-electron chi connectivity index (χ2n) is 6.58. The lowest BCUT2D eigenvalue weighted by Gasteiger charge is -2.32. The lowest BCUT2D eigenvalue weighted by Crippen LogP contribution is -2.41. The van der Waals surface area contributed by atoms with Gasteiger partial charge in [0, 0.05) is 13.5 Å². The molecule has 1 aliphatic rings. The van der Waals surface area contributed by atoms with E-state index in [4.69, 9.17) is 13.7 Å². The Balaban J connectivity index is 2.27. The number of amides is 1. The number of carbonyl (C=O) groups excluding carboxylic acids is 2. The van der Waals surface area contributed by atoms with E-state index >= 15 is 0 Å². The second kappa shape index (κ2) is 6.33. The fraction of sp³-hybridized carbons (Fsp3) is 0.500. The van der Waals surface area contributed by atoms with Gasteiger partial charge in [-0.3, -0.25) is 9.59 Å². The Hall–Kier alpha value is -1.86. The van der Waals surface area contributed by atoms with Crippen molar-refractivity contribution in [2.45, 2.75) is 45.8 Å². The minimum Gasteiger partial charge on any atom is -0.454 e. The highest BCUT2D eigenvalue weighted by Gasteiger charge is 2.52. The average molecular weight is 319 g/mol. The SMILES string of the molecule is CC(=O)NCC(=Cc1ccc(C=O)o1)B1OC(C)(C)C(C)(C)O1. The van der Waals surface area contributed by atoms with Gasteiger partial charge in [-0.15, -0.1) is 0 Å². The fourth-order valence-electron chi connectivity index (χ4n) is 2.12. The zero-order valence-corrected chi connectivity index (χ0v) is 14.1. The number of furan rings is 1. The van der Waals surface area contributed by atoms with E-state index in [1.807, 2.05) is 27.7 Å². The van der Waals surface area contributed by atoms with Crippen molar-refractivity contribution >= 4 is 25.4 Å². The third-order valence-corrected chi connectivity index (χ3v) is 4.19. The van der Waals surface area contributed by atoms with Crippen LogP contribution in [0.2, 0.25) is 0 Å². The first kappa shape index (κ1) is 17.5. The topological polar surface area (TPSA) is 77.8 Å². The predicted molar refractivity (Wildman–Crippen MR) is 86.8 cm³/mol. The molecule has 1 aromatic heterocycles. The summed E-state index contributed by atoms with van der Waals surface area (Å²) in [6, 6.07) is 3.27. The molecule has 0 aliphatic carbocycles. The van der Waals surface area contributed by atoms with E-state index < -0.39 is 18.3 Å². The van der Waals surface area contributed by atoms with Crippen molar-refractivity contribution in [3.8, 4) is 0 Å². The van der Waals surface area contributed by atoms with Crippen LogP contribution < -0.4 is 5.32 Å². The Morgan fingerprint density at radius 2 is 1.74 bits per heavy atom. The number of aldehydes is 1. The third-order valence-electron chi connectivity index (χ3n) is 4.19. The first-order chi connectivity index (χ1) is 10.6. The molecule has 0 spiro atoms. The molecule has 1 fully saturated rings. The van der Waals surface area contributed by atoms with Crippen molar-refractivity contribution in [2.24, 2.45) is 0 Å².